The number of benzene rings is 1. The quantitative estimate of drug-likeness (QED) is 0.364. The van der Waals surface area contributed by atoms with Gasteiger partial charge in [-0.25, -0.2) is 9.78 Å². The highest BCUT2D eigenvalue weighted by Crippen LogP contribution is 2.60. The maximum absolute atomic E-state index is 12.5. The fourth-order valence-corrected chi connectivity index (χ4v) is 7.68. The summed E-state index contributed by atoms with van der Waals surface area (Å²) in [6.07, 6.45) is 9.02. The Morgan fingerprint density at radius 2 is 1.92 bits per heavy atom. The number of carbonyl (C=O) groups excluding carboxylic acids is 1. The minimum Gasteiger partial charge on any atom is -0.444 e. The summed E-state index contributed by atoms with van der Waals surface area (Å²) in [5, 5.41) is 19.8. The molecule has 1 aromatic heterocycles. The molecule has 0 aliphatic heterocycles. The van der Waals surface area contributed by atoms with Gasteiger partial charge in [-0.3, -0.25) is 0 Å². The predicted octanol–water partition coefficient (Wildman–Crippen LogP) is 5.81. The number of ether oxygens (including phenoxy) is 1. The average molecular weight is 535 g/mol. The Morgan fingerprint density at radius 3 is 2.61 bits per heavy atom. The van der Waals surface area contributed by atoms with Crippen LogP contribution < -0.4 is 16.0 Å². The molecule has 3 N–H and O–H groups in total. The van der Waals surface area contributed by atoms with Crippen molar-refractivity contribution in [2.24, 2.45) is 23.2 Å². The van der Waals surface area contributed by atoms with Gasteiger partial charge in [-0.2, -0.15) is 10.2 Å². The number of carbonyl (C=O) groups is 1. The van der Waals surface area contributed by atoms with E-state index in [1.54, 1.807) is 18.0 Å². The lowest BCUT2D eigenvalue weighted by atomic mass is 9.48. The second-order valence-electron chi connectivity index (χ2n) is 12.2. The molecular formula is C29H38N6O2S. The summed E-state index contributed by atoms with van der Waals surface area (Å²) in [5.74, 6) is 2.72. The zero-order chi connectivity index (χ0) is 26.9. The van der Waals surface area contributed by atoms with Crippen molar-refractivity contribution >= 4 is 29.6 Å². The second-order valence-corrected chi connectivity index (χ2v) is 13.1. The highest BCUT2D eigenvalue weighted by Gasteiger charge is 2.55. The van der Waals surface area contributed by atoms with Crippen LogP contribution in [0, 0.1) is 34.5 Å². The molecule has 202 valence electrons. The van der Waals surface area contributed by atoms with Crippen molar-refractivity contribution in [2.45, 2.75) is 76.0 Å². The van der Waals surface area contributed by atoms with Crippen molar-refractivity contribution in [3.63, 3.8) is 0 Å². The maximum atomic E-state index is 12.5. The number of nitrogens with zero attached hydrogens (tertiary/aromatic N) is 3. The molecule has 0 radical (unpaired) electrons. The first-order valence-corrected chi connectivity index (χ1v) is 14.8. The SMILES string of the molecule is CSc1ccccc1CNc1ncc(C#N)c(NCC23CC4C[C@H](C2)C(NC(=O)OC(C)(C)C)[C@@H](C4)C3)n1. The Hall–Kier alpha value is -2.99. The Balaban J connectivity index is 1.24. The first-order chi connectivity index (χ1) is 18.2. The van der Waals surface area contributed by atoms with Crippen LogP contribution in [0.4, 0.5) is 16.6 Å². The summed E-state index contributed by atoms with van der Waals surface area (Å²) in [5.41, 5.74) is 1.30. The van der Waals surface area contributed by atoms with Crippen molar-refractivity contribution in [1.29, 1.82) is 5.26 Å². The van der Waals surface area contributed by atoms with Crippen LogP contribution >= 0.6 is 11.8 Å². The van der Waals surface area contributed by atoms with E-state index in [0.29, 0.717) is 41.6 Å². The number of anilines is 2. The minimum atomic E-state index is -0.497. The second kappa shape index (κ2) is 10.6. The first kappa shape index (κ1) is 26.6. The highest BCUT2D eigenvalue weighted by molar-refractivity contribution is 7.98. The summed E-state index contributed by atoms with van der Waals surface area (Å²) < 4.78 is 5.56. The monoisotopic (exact) mass is 534 g/mol. The summed E-state index contributed by atoms with van der Waals surface area (Å²) in [7, 11) is 0. The van der Waals surface area contributed by atoms with Gasteiger partial charge in [0.25, 0.3) is 0 Å². The van der Waals surface area contributed by atoms with E-state index in [9.17, 15) is 10.1 Å². The number of nitrogens with one attached hydrogen (secondary N) is 3. The van der Waals surface area contributed by atoms with E-state index in [-0.39, 0.29) is 17.6 Å². The molecule has 8 nitrogen and oxygen atoms in total. The van der Waals surface area contributed by atoms with E-state index in [4.69, 9.17) is 4.74 Å². The van der Waals surface area contributed by atoms with E-state index in [0.717, 1.165) is 19.4 Å². The molecule has 0 spiro atoms. The average Bonchev–Trinajstić information content (AvgIpc) is 2.87. The van der Waals surface area contributed by atoms with Crippen LogP contribution in [0.1, 0.15) is 64.0 Å². The smallest absolute Gasteiger partial charge is 0.407 e. The Labute approximate surface area is 229 Å². The van der Waals surface area contributed by atoms with E-state index < -0.39 is 5.60 Å². The number of amides is 1. The molecule has 1 amide bonds. The molecule has 9 heteroatoms. The van der Waals surface area contributed by atoms with Gasteiger partial charge in [0, 0.05) is 24.0 Å². The number of nitriles is 1. The third-order valence-electron chi connectivity index (χ3n) is 8.25. The van der Waals surface area contributed by atoms with Crippen molar-refractivity contribution in [1.82, 2.24) is 15.3 Å². The Bertz CT molecular complexity index is 1210. The maximum Gasteiger partial charge on any atom is 0.407 e. The van der Waals surface area contributed by atoms with E-state index in [1.165, 1.54) is 29.7 Å². The van der Waals surface area contributed by atoms with E-state index in [2.05, 4.69) is 50.4 Å². The molecule has 1 heterocycles. The Kier molecular flexibility index (Phi) is 7.45. The van der Waals surface area contributed by atoms with Crippen LogP contribution in [0.2, 0.25) is 0 Å². The van der Waals surface area contributed by atoms with Gasteiger partial charge in [0.2, 0.25) is 5.95 Å². The fourth-order valence-electron chi connectivity index (χ4n) is 7.07. The number of hydrogen-bond acceptors (Lipinski definition) is 8. The molecule has 6 rings (SSSR count). The fraction of sp³-hybridized carbons (Fsp3) is 0.586. The third-order valence-corrected chi connectivity index (χ3v) is 9.09. The number of aromatic nitrogens is 2. The van der Waals surface area contributed by atoms with Crippen LogP contribution in [0.25, 0.3) is 0 Å². The van der Waals surface area contributed by atoms with E-state index >= 15 is 0 Å². The topological polar surface area (TPSA) is 112 Å². The van der Waals surface area contributed by atoms with Crippen molar-refractivity contribution in [3.05, 3.63) is 41.6 Å². The van der Waals surface area contributed by atoms with Crippen LogP contribution in [0.5, 0.6) is 0 Å². The molecule has 0 saturated heterocycles. The molecule has 38 heavy (non-hydrogen) atoms. The molecular weight excluding hydrogens is 496 g/mol. The summed E-state index contributed by atoms with van der Waals surface area (Å²) in [6, 6.07) is 10.7. The largest absolute Gasteiger partial charge is 0.444 e. The molecule has 4 aliphatic rings. The number of thioether (sulfide) groups is 1. The van der Waals surface area contributed by atoms with Gasteiger partial charge in [0.15, 0.2) is 0 Å². The Morgan fingerprint density at radius 1 is 1.18 bits per heavy atom. The van der Waals surface area contributed by atoms with Crippen LogP contribution in [-0.2, 0) is 11.3 Å². The molecule has 1 aromatic carbocycles. The number of alkyl carbamates (subject to hydrolysis) is 1. The first-order valence-electron chi connectivity index (χ1n) is 13.5. The molecule has 4 aliphatic carbocycles. The van der Waals surface area contributed by atoms with Crippen molar-refractivity contribution < 1.29 is 9.53 Å². The highest BCUT2D eigenvalue weighted by atomic mass is 32.2. The normalized spacial score (nSPS) is 27.4. The van der Waals surface area contributed by atoms with Gasteiger partial charge >= 0.3 is 6.09 Å². The molecule has 2 aromatic rings. The van der Waals surface area contributed by atoms with Gasteiger partial charge in [0.05, 0.1) is 6.20 Å². The molecule has 4 fully saturated rings. The molecule has 5 atom stereocenters. The lowest BCUT2D eigenvalue weighted by Crippen LogP contribution is -2.60. The minimum absolute atomic E-state index is 0.158. The van der Waals surface area contributed by atoms with Crippen LogP contribution in [-0.4, -0.2) is 40.5 Å². The lowest BCUT2D eigenvalue weighted by molar-refractivity contribution is -0.0703. The number of hydrogen-bond donors (Lipinski definition) is 3. The predicted molar refractivity (Wildman–Crippen MR) is 150 cm³/mol. The molecule has 3 unspecified atom stereocenters. The van der Waals surface area contributed by atoms with Gasteiger partial charge in [-0.1, -0.05) is 18.2 Å². The van der Waals surface area contributed by atoms with Crippen molar-refractivity contribution in [3.8, 4) is 6.07 Å². The third kappa shape index (κ3) is 5.85. The summed E-state index contributed by atoms with van der Waals surface area (Å²) in [4.78, 5) is 22.8. The standard InChI is InChI=1S/C29H38N6O2S/c1-28(2,3)37-27(36)34-24-20-9-18-10-21(24)13-29(11-18,12-20)17-33-25-22(14-30)16-32-26(35-25)31-15-19-7-5-6-8-23(19)38-4/h5-8,16,18,20-21,24H,9-13,15,17H2,1-4H3,(H,34,36)(H2,31,32,33,35)/t18?,20-,21+,24?,29?. The summed E-state index contributed by atoms with van der Waals surface area (Å²) in [6.45, 7) is 7.09. The van der Waals surface area contributed by atoms with Crippen LogP contribution in [0.3, 0.4) is 0 Å². The van der Waals surface area contributed by atoms with Gasteiger partial charge in [0.1, 0.15) is 23.1 Å². The van der Waals surface area contributed by atoms with Gasteiger partial charge < -0.3 is 20.7 Å². The van der Waals surface area contributed by atoms with E-state index in [1.807, 2.05) is 32.9 Å². The number of rotatable bonds is 8. The molecule has 4 bridgehead atoms. The van der Waals surface area contributed by atoms with Crippen molar-refractivity contribution in [2.75, 3.05) is 23.4 Å². The van der Waals surface area contributed by atoms with Gasteiger partial charge in [-0.05, 0) is 93.9 Å². The van der Waals surface area contributed by atoms with Gasteiger partial charge in [-0.15, -0.1) is 11.8 Å². The zero-order valence-corrected chi connectivity index (χ0v) is 23.5. The molecule has 4 saturated carbocycles. The lowest BCUT2D eigenvalue weighted by Gasteiger charge is -2.60. The zero-order valence-electron chi connectivity index (χ0n) is 22.7. The van der Waals surface area contributed by atoms with Crippen LogP contribution in [0.15, 0.2) is 35.4 Å². The summed E-state index contributed by atoms with van der Waals surface area (Å²) >= 11 is 1.71.